The Labute approximate surface area is 93.5 Å². The molecule has 60 valence electrons. The maximum atomic E-state index is 9.50. The van der Waals surface area contributed by atoms with Gasteiger partial charge in [-0.15, -0.1) is 0 Å². The number of phenols is 1. The van der Waals surface area contributed by atoms with Gasteiger partial charge in [0.1, 0.15) is 5.75 Å². The van der Waals surface area contributed by atoms with Crippen molar-refractivity contribution in [2.24, 2.45) is 0 Å². The Kier molecular flexibility index (Phi) is 3.02. The van der Waals surface area contributed by atoms with Gasteiger partial charge >= 0.3 is 0 Å². The summed E-state index contributed by atoms with van der Waals surface area (Å²) in [4.78, 5) is 0. The SMILES string of the molecule is Cc1cc(I)c(C)c(I)c1O. The average Bonchev–Trinajstić information content (AvgIpc) is 1.97. The molecule has 0 amide bonds. The van der Waals surface area contributed by atoms with Crippen LogP contribution in [0.15, 0.2) is 6.07 Å². The molecule has 0 aliphatic rings. The van der Waals surface area contributed by atoms with Crippen molar-refractivity contribution in [3.05, 3.63) is 24.3 Å². The molecular weight excluding hydrogens is 366 g/mol. The van der Waals surface area contributed by atoms with Crippen LogP contribution in [-0.2, 0) is 0 Å². The number of rotatable bonds is 0. The first-order valence-corrected chi connectivity index (χ1v) is 5.34. The molecule has 0 fully saturated rings. The maximum Gasteiger partial charge on any atom is 0.132 e. The molecule has 11 heavy (non-hydrogen) atoms. The van der Waals surface area contributed by atoms with Crippen molar-refractivity contribution in [1.29, 1.82) is 0 Å². The van der Waals surface area contributed by atoms with Gasteiger partial charge in [-0.3, -0.25) is 0 Å². The van der Waals surface area contributed by atoms with E-state index in [-0.39, 0.29) is 0 Å². The van der Waals surface area contributed by atoms with Crippen molar-refractivity contribution in [1.82, 2.24) is 0 Å². The van der Waals surface area contributed by atoms with Gasteiger partial charge in [0.15, 0.2) is 0 Å². The van der Waals surface area contributed by atoms with Gasteiger partial charge in [0.25, 0.3) is 0 Å². The van der Waals surface area contributed by atoms with Gasteiger partial charge in [-0.1, -0.05) is 0 Å². The largest absolute Gasteiger partial charge is 0.507 e. The van der Waals surface area contributed by atoms with Crippen LogP contribution < -0.4 is 0 Å². The highest BCUT2D eigenvalue weighted by Gasteiger charge is 2.07. The van der Waals surface area contributed by atoms with E-state index in [0.717, 1.165) is 14.7 Å². The minimum atomic E-state index is 0.420. The molecule has 3 heteroatoms. The molecule has 1 rings (SSSR count). The third kappa shape index (κ3) is 1.80. The zero-order valence-electron chi connectivity index (χ0n) is 6.28. The number of phenolic OH excluding ortho intramolecular Hbond substituents is 1. The first kappa shape index (κ1) is 9.57. The Bertz CT molecular complexity index is 268. The van der Waals surface area contributed by atoms with Crippen molar-refractivity contribution in [3.63, 3.8) is 0 Å². The summed E-state index contributed by atoms with van der Waals surface area (Å²) in [5, 5.41) is 9.50. The van der Waals surface area contributed by atoms with Crippen molar-refractivity contribution in [2.75, 3.05) is 0 Å². The Morgan fingerprint density at radius 3 is 2.36 bits per heavy atom. The van der Waals surface area contributed by atoms with E-state index in [0.29, 0.717) is 5.75 Å². The summed E-state index contributed by atoms with van der Waals surface area (Å²) in [5.74, 6) is 0.420. The molecule has 1 aromatic carbocycles. The number of aryl methyl sites for hydroxylation is 1. The van der Waals surface area contributed by atoms with Crippen molar-refractivity contribution >= 4 is 45.2 Å². The van der Waals surface area contributed by atoms with Crippen LogP contribution in [-0.4, -0.2) is 5.11 Å². The van der Waals surface area contributed by atoms with Gasteiger partial charge < -0.3 is 5.11 Å². The summed E-state index contributed by atoms with van der Waals surface area (Å²) >= 11 is 4.44. The van der Waals surface area contributed by atoms with Gasteiger partial charge in [-0.05, 0) is 76.2 Å². The third-order valence-corrected chi connectivity index (χ3v) is 4.05. The van der Waals surface area contributed by atoms with Gasteiger partial charge in [0.2, 0.25) is 0 Å². The zero-order chi connectivity index (χ0) is 8.59. The summed E-state index contributed by atoms with van der Waals surface area (Å²) < 4.78 is 2.18. The second-order valence-electron chi connectivity index (χ2n) is 2.46. The number of halogens is 2. The van der Waals surface area contributed by atoms with Crippen LogP contribution in [0.3, 0.4) is 0 Å². The highest BCUT2D eigenvalue weighted by molar-refractivity contribution is 14.1. The van der Waals surface area contributed by atoms with E-state index >= 15 is 0 Å². The lowest BCUT2D eigenvalue weighted by Gasteiger charge is -2.06. The summed E-state index contributed by atoms with van der Waals surface area (Å²) in [5.41, 5.74) is 2.11. The minimum Gasteiger partial charge on any atom is -0.507 e. The van der Waals surface area contributed by atoms with Crippen LogP contribution in [0.5, 0.6) is 5.75 Å². The molecule has 1 N–H and O–H groups in total. The molecule has 0 saturated heterocycles. The van der Waals surface area contributed by atoms with Gasteiger partial charge in [-0.25, -0.2) is 0 Å². The summed E-state index contributed by atoms with van der Waals surface area (Å²) in [6.45, 7) is 3.93. The van der Waals surface area contributed by atoms with Crippen molar-refractivity contribution in [2.45, 2.75) is 13.8 Å². The molecule has 0 unspecified atom stereocenters. The van der Waals surface area contributed by atoms with E-state index < -0.39 is 0 Å². The summed E-state index contributed by atoms with van der Waals surface area (Å²) in [7, 11) is 0. The normalized spacial score (nSPS) is 10.2. The highest BCUT2D eigenvalue weighted by Crippen LogP contribution is 2.29. The smallest absolute Gasteiger partial charge is 0.132 e. The first-order chi connectivity index (χ1) is 5.04. The number of hydrogen-bond acceptors (Lipinski definition) is 1. The standard InChI is InChI=1S/C8H8I2O/c1-4-3-6(9)5(2)7(10)8(4)11/h3,11H,1-2H3. The zero-order valence-corrected chi connectivity index (χ0v) is 10.6. The van der Waals surface area contributed by atoms with E-state index in [2.05, 4.69) is 45.2 Å². The maximum absolute atomic E-state index is 9.50. The molecule has 0 aliphatic carbocycles. The summed E-state index contributed by atoms with van der Waals surface area (Å²) in [6.07, 6.45) is 0. The Morgan fingerprint density at radius 2 is 1.82 bits per heavy atom. The van der Waals surface area contributed by atoms with E-state index in [1.807, 2.05) is 19.9 Å². The van der Waals surface area contributed by atoms with Gasteiger partial charge in [0.05, 0.1) is 3.57 Å². The molecule has 0 saturated carbocycles. The Morgan fingerprint density at radius 1 is 1.27 bits per heavy atom. The molecule has 1 nitrogen and oxygen atoms in total. The molecule has 0 radical (unpaired) electrons. The predicted molar refractivity (Wildman–Crippen MR) is 63.0 cm³/mol. The molecule has 0 aromatic heterocycles. The van der Waals surface area contributed by atoms with Crippen LogP contribution in [0.2, 0.25) is 0 Å². The van der Waals surface area contributed by atoms with Gasteiger partial charge in [-0.2, -0.15) is 0 Å². The molecular formula is C8H8I2O. The lowest BCUT2D eigenvalue weighted by atomic mass is 10.1. The third-order valence-electron chi connectivity index (χ3n) is 1.61. The predicted octanol–water partition coefficient (Wildman–Crippen LogP) is 3.22. The van der Waals surface area contributed by atoms with E-state index in [1.165, 1.54) is 3.57 Å². The van der Waals surface area contributed by atoms with Crippen LogP contribution in [0.25, 0.3) is 0 Å². The first-order valence-electron chi connectivity index (χ1n) is 3.18. The molecule has 0 heterocycles. The second kappa shape index (κ2) is 3.47. The number of benzene rings is 1. The Balaban J connectivity index is 3.46. The fourth-order valence-corrected chi connectivity index (χ4v) is 2.79. The molecule has 0 spiro atoms. The number of aromatic hydroxyl groups is 1. The fraction of sp³-hybridized carbons (Fsp3) is 0.250. The topological polar surface area (TPSA) is 20.2 Å². The molecule has 0 aliphatic heterocycles. The second-order valence-corrected chi connectivity index (χ2v) is 4.70. The van der Waals surface area contributed by atoms with Crippen LogP contribution >= 0.6 is 45.2 Å². The van der Waals surface area contributed by atoms with Crippen molar-refractivity contribution < 1.29 is 5.11 Å². The van der Waals surface area contributed by atoms with Crippen molar-refractivity contribution in [3.8, 4) is 5.75 Å². The average molecular weight is 374 g/mol. The van der Waals surface area contributed by atoms with E-state index in [4.69, 9.17) is 0 Å². The fourth-order valence-electron chi connectivity index (χ4n) is 0.822. The Hall–Kier alpha value is 0.480. The lowest BCUT2D eigenvalue weighted by molar-refractivity contribution is 0.466. The number of hydrogen-bond donors (Lipinski definition) is 1. The molecule has 1 aromatic rings. The lowest BCUT2D eigenvalue weighted by Crippen LogP contribution is -1.88. The van der Waals surface area contributed by atoms with E-state index in [1.54, 1.807) is 0 Å². The van der Waals surface area contributed by atoms with Crippen LogP contribution in [0.1, 0.15) is 11.1 Å². The van der Waals surface area contributed by atoms with Crippen LogP contribution in [0, 0.1) is 21.0 Å². The van der Waals surface area contributed by atoms with Crippen LogP contribution in [0.4, 0.5) is 0 Å². The van der Waals surface area contributed by atoms with E-state index in [9.17, 15) is 5.11 Å². The minimum absolute atomic E-state index is 0.420. The molecule has 0 atom stereocenters. The summed E-state index contributed by atoms with van der Waals surface area (Å²) in [6, 6.07) is 1.99. The van der Waals surface area contributed by atoms with Gasteiger partial charge in [0, 0.05) is 3.57 Å². The molecule has 0 bridgehead atoms. The monoisotopic (exact) mass is 374 g/mol. The highest BCUT2D eigenvalue weighted by atomic mass is 127. The quantitative estimate of drug-likeness (QED) is 0.692.